The van der Waals surface area contributed by atoms with Gasteiger partial charge in [0.1, 0.15) is 17.7 Å². The zero-order valence-electron chi connectivity index (χ0n) is 17.6. The summed E-state index contributed by atoms with van der Waals surface area (Å²) in [4.78, 5) is 0. The average Bonchev–Trinajstić information content (AvgIpc) is 3.34. The number of aryl methyl sites for hydroxylation is 2. The van der Waals surface area contributed by atoms with Crippen LogP contribution in [0.3, 0.4) is 0 Å². The molecule has 29 heavy (non-hydrogen) atoms. The molecule has 0 N–H and O–H groups in total. The minimum atomic E-state index is 0.265. The van der Waals surface area contributed by atoms with Crippen LogP contribution in [0, 0.1) is 25.2 Å². The maximum absolute atomic E-state index is 9.88. The van der Waals surface area contributed by atoms with E-state index in [0.29, 0.717) is 11.4 Å². The van der Waals surface area contributed by atoms with E-state index in [4.69, 9.17) is 0 Å². The summed E-state index contributed by atoms with van der Waals surface area (Å²) in [5.41, 5.74) is 3.76. The zero-order valence-corrected chi connectivity index (χ0v) is 17.6. The number of nitriles is 1. The molecule has 3 aromatic rings. The normalized spacial score (nSPS) is 14.7. The molecule has 0 fully saturated rings. The Bertz CT molecular complexity index is 1100. The van der Waals surface area contributed by atoms with E-state index < -0.39 is 0 Å². The highest BCUT2D eigenvalue weighted by molar-refractivity contribution is 5.88. The second kappa shape index (κ2) is 7.70. The van der Waals surface area contributed by atoms with Crippen LogP contribution < -0.4 is 0 Å². The van der Waals surface area contributed by atoms with Gasteiger partial charge in [0.05, 0.1) is 11.8 Å². The Balaban J connectivity index is 1.78. The number of allylic oxidation sites excluding steroid dienone is 1. The van der Waals surface area contributed by atoms with Crippen molar-refractivity contribution in [2.24, 2.45) is 0 Å². The van der Waals surface area contributed by atoms with Crippen LogP contribution in [0.15, 0.2) is 18.3 Å². The lowest BCUT2D eigenvalue weighted by molar-refractivity contribution is 0.519. The van der Waals surface area contributed by atoms with Crippen molar-refractivity contribution >= 4 is 11.6 Å². The SMILES string of the molecule is Cc1cc(/C=C(\C#N)c2nnc3n2CCCCC3)c(C)n1-c1ccnn1C(C)C. The molecule has 1 aliphatic heterocycles. The second-order valence-corrected chi connectivity index (χ2v) is 7.96. The lowest BCUT2D eigenvalue weighted by Crippen LogP contribution is -2.11. The Labute approximate surface area is 171 Å². The number of fused-ring (bicyclic) bond motifs is 1. The van der Waals surface area contributed by atoms with Crippen molar-refractivity contribution in [1.82, 2.24) is 29.1 Å². The summed E-state index contributed by atoms with van der Waals surface area (Å²) in [7, 11) is 0. The Kier molecular flexibility index (Phi) is 5.10. The van der Waals surface area contributed by atoms with E-state index in [0.717, 1.165) is 54.4 Å². The van der Waals surface area contributed by atoms with E-state index in [1.807, 2.05) is 23.0 Å². The Morgan fingerprint density at radius 1 is 1.21 bits per heavy atom. The van der Waals surface area contributed by atoms with Crippen molar-refractivity contribution in [2.45, 2.75) is 66.0 Å². The number of hydrogen-bond acceptors (Lipinski definition) is 4. The van der Waals surface area contributed by atoms with Crippen molar-refractivity contribution in [2.75, 3.05) is 0 Å². The molecule has 7 nitrogen and oxygen atoms in total. The Morgan fingerprint density at radius 3 is 2.79 bits per heavy atom. The highest BCUT2D eigenvalue weighted by Gasteiger charge is 2.19. The van der Waals surface area contributed by atoms with Crippen LogP contribution in [0.1, 0.15) is 67.8 Å². The first-order valence-corrected chi connectivity index (χ1v) is 10.3. The van der Waals surface area contributed by atoms with Crippen LogP contribution in [-0.2, 0) is 13.0 Å². The number of aromatic nitrogens is 6. The van der Waals surface area contributed by atoms with Crippen LogP contribution in [-0.4, -0.2) is 29.1 Å². The second-order valence-electron chi connectivity index (χ2n) is 7.96. The van der Waals surface area contributed by atoms with Crippen LogP contribution in [0.2, 0.25) is 0 Å². The third-order valence-electron chi connectivity index (χ3n) is 5.61. The third kappa shape index (κ3) is 3.39. The molecule has 0 radical (unpaired) electrons. The van der Waals surface area contributed by atoms with Crippen molar-refractivity contribution < 1.29 is 0 Å². The molecular formula is C22H27N7. The molecule has 0 amide bonds. The predicted molar refractivity (Wildman–Crippen MR) is 112 cm³/mol. The molecule has 0 saturated carbocycles. The van der Waals surface area contributed by atoms with E-state index in [2.05, 4.69) is 64.3 Å². The van der Waals surface area contributed by atoms with Gasteiger partial charge >= 0.3 is 0 Å². The van der Waals surface area contributed by atoms with Crippen LogP contribution in [0.25, 0.3) is 17.5 Å². The third-order valence-corrected chi connectivity index (χ3v) is 5.61. The molecule has 4 heterocycles. The van der Waals surface area contributed by atoms with Gasteiger partial charge in [0.25, 0.3) is 0 Å². The fourth-order valence-corrected chi connectivity index (χ4v) is 4.16. The number of nitrogens with zero attached hydrogens (tertiary/aromatic N) is 7. The van der Waals surface area contributed by atoms with Crippen molar-refractivity contribution in [1.29, 1.82) is 5.26 Å². The van der Waals surface area contributed by atoms with E-state index in [1.54, 1.807) is 0 Å². The van der Waals surface area contributed by atoms with Gasteiger partial charge in [-0.15, -0.1) is 10.2 Å². The molecule has 0 atom stereocenters. The molecule has 0 spiro atoms. The van der Waals surface area contributed by atoms with Gasteiger partial charge in [-0.1, -0.05) is 6.42 Å². The summed E-state index contributed by atoms with van der Waals surface area (Å²) in [6.45, 7) is 9.28. The van der Waals surface area contributed by atoms with Gasteiger partial charge in [-0.2, -0.15) is 10.4 Å². The fourth-order valence-electron chi connectivity index (χ4n) is 4.16. The van der Waals surface area contributed by atoms with Gasteiger partial charge in [-0.3, -0.25) is 0 Å². The van der Waals surface area contributed by atoms with E-state index in [1.165, 1.54) is 6.42 Å². The van der Waals surface area contributed by atoms with Crippen molar-refractivity contribution in [3.8, 4) is 11.9 Å². The van der Waals surface area contributed by atoms with Gasteiger partial charge < -0.3 is 9.13 Å². The molecule has 7 heteroatoms. The lowest BCUT2D eigenvalue weighted by atomic mass is 10.1. The van der Waals surface area contributed by atoms with Crippen molar-refractivity contribution in [3.63, 3.8) is 0 Å². The highest BCUT2D eigenvalue weighted by atomic mass is 15.3. The first-order chi connectivity index (χ1) is 14.0. The summed E-state index contributed by atoms with van der Waals surface area (Å²) in [5.74, 6) is 2.70. The monoisotopic (exact) mass is 389 g/mol. The smallest absolute Gasteiger partial charge is 0.174 e. The maximum atomic E-state index is 9.88. The zero-order chi connectivity index (χ0) is 20.5. The summed E-state index contributed by atoms with van der Waals surface area (Å²) in [5, 5.41) is 23.0. The molecular weight excluding hydrogens is 362 g/mol. The van der Waals surface area contributed by atoms with Crippen LogP contribution in [0.5, 0.6) is 0 Å². The molecule has 0 aromatic carbocycles. The quantitative estimate of drug-likeness (QED) is 0.625. The van der Waals surface area contributed by atoms with Gasteiger partial charge in [0, 0.05) is 36.5 Å². The molecule has 0 unspecified atom stereocenters. The molecule has 0 saturated heterocycles. The minimum Gasteiger partial charge on any atom is -0.310 e. The Morgan fingerprint density at radius 2 is 2.03 bits per heavy atom. The predicted octanol–water partition coefficient (Wildman–Crippen LogP) is 4.25. The van der Waals surface area contributed by atoms with Gasteiger partial charge in [0.2, 0.25) is 0 Å². The standard InChI is InChI=1S/C22H27N7/c1-15(2)29-21(9-10-24-29)28-16(3)12-18(17(28)4)13-19(14-23)22-26-25-20-8-6-5-7-11-27(20)22/h9-10,12-13,15H,5-8,11H2,1-4H3/b19-13+. The lowest BCUT2D eigenvalue weighted by Gasteiger charge is -2.15. The summed E-state index contributed by atoms with van der Waals surface area (Å²) >= 11 is 0. The summed E-state index contributed by atoms with van der Waals surface area (Å²) in [6, 6.07) is 6.76. The van der Waals surface area contributed by atoms with Gasteiger partial charge in [-0.05, 0) is 58.2 Å². The minimum absolute atomic E-state index is 0.265. The Hall–Kier alpha value is -3.14. The van der Waals surface area contributed by atoms with E-state index in [9.17, 15) is 5.26 Å². The molecule has 3 aromatic heterocycles. The first-order valence-electron chi connectivity index (χ1n) is 10.3. The summed E-state index contributed by atoms with van der Waals surface area (Å²) in [6.07, 6.45) is 8.13. The average molecular weight is 390 g/mol. The topological polar surface area (TPSA) is 77.2 Å². The maximum Gasteiger partial charge on any atom is 0.174 e. The molecule has 150 valence electrons. The molecule has 0 aliphatic carbocycles. The van der Waals surface area contributed by atoms with E-state index in [-0.39, 0.29) is 6.04 Å². The van der Waals surface area contributed by atoms with Gasteiger partial charge in [-0.25, -0.2) is 4.68 Å². The number of rotatable bonds is 4. The first kappa shape index (κ1) is 19.2. The highest BCUT2D eigenvalue weighted by Crippen LogP contribution is 2.27. The van der Waals surface area contributed by atoms with Crippen LogP contribution >= 0.6 is 0 Å². The largest absolute Gasteiger partial charge is 0.310 e. The summed E-state index contributed by atoms with van der Waals surface area (Å²) < 4.78 is 6.32. The molecule has 1 aliphatic rings. The van der Waals surface area contributed by atoms with Crippen molar-refractivity contribution in [3.05, 3.63) is 46.9 Å². The number of hydrogen-bond donors (Lipinski definition) is 0. The van der Waals surface area contributed by atoms with E-state index >= 15 is 0 Å². The van der Waals surface area contributed by atoms with Gasteiger partial charge in [0.15, 0.2) is 5.82 Å². The molecule has 0 bridgehead atoms. The fraction of sp³-hybridized carbons (Fsp3) is 0.455. The van der Waals surface area contributed by atoms with Crippen LogP contribution in [0.4, 0.5) is 0 Å². The molecule has 4 rings (SSSR count).